The molecule has 4 rings (SSSR count). The van der Waals surface area contributed by atoms with Crippen LogP contribution in [-0.2, 0) is 6.54 Å². The lowest BCUT2D eigenvalue weighted by Crippen LogP contribution is -2.00. The molecule has 2 aromatic heterocycles. The van der Waals surface area contributed by atoms with Crippen molar-refractivity contribution in [1.29, 1.82) is 0 Å². The van der Waals surface area contributed by atoms with Crippen LogP contribution in [0, 0.1) is 0 Å². The number of hydrogen-bond acceptors (Lipinski definition) is 4. The fourth-order valence-corrected chi connectivity index (χ4v) is 2.57. The lowest BCUT2D eigenvalue weighted by Gasteiger charge is -2.03. The van der Waals surface area contributed by atoms with Gasteiger partial charge < -0.3 is 4.74 Å². The zero-order chi connectivity index (χ0) is 15.6. The SMILES string of the molecule is COc1cccc(Cn2cc(-c3ccc4[nH]ncc4c3)nn2)c1. The Kier molecular flexibility index (Phi) is 3.27. The van der Waals surface area contributed by atoms with Crippen molar-refractivity contribution in [3.05, 3.63) is 60.4 Å². The highest BCUT2D eigenvalue weighted by atomic mass is 16.5. The number of aromatic nitrogens is 5. The number of nitrogens with one attached hydrogen (secondary N) is 1. The smallest absolute Gasteiger partial charge is 0.119 e. The normalized spacial score (nSPS) is 11.0. The van der Waals surface area contributed by atoms with Crippen LogP contribution in [0.2, 0.25) is 0 Å². The molecule has 0 saturated carbocycles. The van der Waals surface area contributed by atoms with E-state index in [1.54, 1.807) is 13.3 Å². The van der Waals surface area contributed by atoms with E-state index in [9.17, 15) is 0 Å². The van der Waals surface area contributed by atoms with Crippen molar-refractivity contribution in [2.24, 2.45) is 0 Å². The second kappa shape index (κ2) is 5.57. The highest BCUT2D eigenvalue weighted by Gasteiger charge is 2.06. The summed E-state index contributed by atoms with van der Waals surface area (Å²) in [6.07, 6.45) is 3.75. The van der Waals surface area contributed by atoms with Gasteiger partial charge in [-0.2, -0.15) is 5.10 Å². The van der Waals surface area contributed by atoms with E-state index < -0.39 is 0 Å². The second-order valence-corrected chi connectivity index (χ2v) is 5.32. The summed E-state index contributed by atoms with van der Waals surface area (Å²) < 4.78 is 7.07. The topological polar surface area (TPSA) is 68.6 Å². The maximum Gasteiger partial charge on any atom is 0.119 e. The first-order valence-corrected chi connectivity index (χ1v) is 7.28. The molecule has 0 bridgehead atoms. The van der Waals surface area contributed by atoms with E-state index in [0.717, 1.165) is 33.5 Å². The van der Waals surface area contributed by atoms with Crippen molar-refractivity contribution >= 4 is 10.9 Å². The van der Waals surface area contributed by atoms with E-state index in [0.29, 0.717) is 6.54 Å². The molecule has 23 heavy (non-hydrogen) atoms. The van der Waals surface area contributed by atoms with Crippen LogP contribution in [-0.4, -0.2) is 32.3 Å². The van der Waals surface area contributed by atoms with Gasteiger partial charge in [0.05, 0.1) is 31.6 Å². The van der Waals surface area contributed by atoms with Gasteiger partial charge >= 0.3 is 0 Å². The van der Waals surface area contributed by atoms with E-state index in [1.165, 1.54) is 0 Å². The molecule has 0 atom stereocenters. The summed E-state index contributed by atoms with van der Waals surface area (Å²) in [6, 6.07) is 14.0. The van der Waals surface area contributed by atoms with Crippen molar-refractivity contribution in [2.75, 3.05) is 7.11 Å². The molecular weight excluding hydrogens is 290 g/mol. The van der Waals surface area contributed by atoms with E-state index in [-0.39, 0.29) is 0 Å². The quantitative estimate of drug-likeness (QED) is 0.629. The van der Waals surface area contributed by atoms with Gasteiger partial charge in [-0.25, -0.2) is 4.68 Å². The van der Waals surface area contributed by atoms with Gasteiger partial charge in [0.2, 0.25) is 0 Å². The molecule has 0 amide bonds. The molecule has 0 saturated heterocycles. The minimum absolute atomic E-state index is 0.651. The minimum atomic E-state index is 0.651. The number of rotatable bonds is 4. The highest BCUT2D eigenvalue weighted by Crippen LogP contribution is 2.21. The van der Waals surface area contributed by atoms with Crippen molar-refractivity contribution in [2.45, 2.75) is 6.54 Å². The molecule has 6 nitrogen and oxygen atoms in total. The fourth-order valence-electron chi connectivity index (χ4n) is 2.57. The van der Waals surface area contributed by atoms with Gasteiger partial charge in [-0.15, -0.1) is 5.10 Å². The molecule has 4 aromatic rings. The highest BCUT2D eigenvalue weighted by molar-refractivity contribution is 5.83. The van der Waals surface area contributed by atoms with Crippen molar-refractivity contribution in [3.63, 3.8) is 0 Å². The lowest BCUT2D eigenvalue weighted by molar-refractivity contribution is 0.414. The molecule has 114 valence electrons. The van der Waals surface area contributed by atoms with Crippen LogP contribution in [0.4, 0.5) is 0 Å². The Morgan fingerprint density at radius 3 is 3.04 bits per heavy atom. The Balaban J connectivity index is 1.60. The Hall–Kier alpha value is -3.15. The molecule has 0 aliphatic rings. The second-order valence-electron chi connectivity index (χ2n) is 5.32. The van der Waals surface area contributed by atoms with Gasteiger partial charge in [0.25, 0.3) is 0 Å². The number of aromatic amines is 1. The number of nitrogens with zero attached hydrogens (tertiary/aromatic N) is 4. The van der Waals surface area contributed by atoms with Crippen molar-refractivity contribution < 1.29 is 4.74 Å². The summed E-state index contributed by atoms with van der Waals surface area (Å²) in [5, 5.41) is 16.5. The van der Waals surface area contributed by atoms with Gasteiger partial charge in [0.15, 0.2) is 0 Å². The fraction of sp³-hybridized carbons (Fsp3) is 0.118. The number of methoxy groups -OCH3 is 1. The molecule has 1 N–H and O–H groups in total. The first-order valence-electron chi connectivity index (χ1n) is 7.28. The van der Waals surface area contributed by atoms with Crippen LogP contribution in [0.25, 0.3) is 22.2 Å². The van der Waals surface area contributed by atoms with E-state index in [4.69, 9.17) is 4.74 Å². The monoisotopic (exact) mass is 305 g/mol. The standard InChI is InChI=1S/C17H15N5O/c1-23-15-4-2-3-12(7-15)10-22-11-17(20-21-22)13-5-6-16-14(8-13)9-18-19-16/h2-9,11H,10H2,1H3,(H,18,19). The molecule has 0 aliphatic heterocycles. The third kappa shape index (κ3) is 2.66. The molecular formula is C17H15N5O. The molecule has 0 fully saturated rings. The predicted octanol–water partition coefficient (Wildman–Crippen LogP) is 2.88. The summed E-state index contributed by atoms with van der Waals surface area (Å²) in [5.74, 6) is 0.841. The third-order valence-corrected chi connectivity index (χ3v) is 3.75. The Morgan fingerprint density at radius 2 is 2.13 bits per heavy atom. The van der Waals surface area contributed by atoms with Crippen LogP contribution in [0.5, 0.6) is 5.75 Å². The van der Waals surface area contributed by atoms with Gasteiger partial charge in [-0.05, 0) is 29.8 Å². The predicted molar refractivity (Wildman–Crippen MR) is 87.2 cm³/mol. The molecule has 0 spiro atoms. The first-order chi connectivity index (χ1) is 11.3. The third-order valence-electron chi connectivity index (χ3n) is 3.75. The van der Waals surface area contributed by atoms with E-state index in [1.807, 2.05) is 47.3 Å². The van der Waals surface area contributed by atoms with E-state index >= 15 is 0 Å². The molecule has 0 aliphatic carbocycles. The van der Waals surface area contributed by atoms with Crippen molar-refractivity contribution in [3.8, 4) is 17.0 Å². The van der Waals surface area contributed by atoms with Crippen LogP contribution >= 0.6 is 0 Å². The maximum atomic E-state index is 5.25. The van der Waals surface area contributed by atoms with Crippen LogP contribution in [0.1, 0.15) is 5.56 Å². The van der Waals surface area contributed by atoms with E-state index in [2.05, 4.69) is 26.6 Å². The number of fused-ring (bicyclic) bond motifs is 1. The van der Waals surface area contributed by atoms with Crippen molar-refractivity contribution in [1.82, 2.24) is 25.2 Å². The van der Waals surface area contributed by atoms with Crippen LogP contribution < -0.4 is 4.74 Å². The Morgan fingerprint density at radius 1 is 1.17 bits per heavy atom. The minimum Gasteiger partial charge on any atom is -0.497 e. The maximum absolute atomic E-state index is 5.25. The number of hydrogen-bond donors (Lipinski definition) is 1. The summed E-state index contributed by atoms with van der Waals surface area (Å²) in [5.41, 5.74) is 4.00. The zero-order valence-corrected chi connectivity index (χ0v) is 12.6. The summed E-state index contributed by atoms with van der Waals surface area (Å²) in [4.78, 5) is 0. The lowest BCUT2D eigenvalue weighted by atomic mass is 10.1. The number of H-pyrrole nitrogens is 1. The molecule has 0 radical (unpaired) electrons. The Labute approximate surface area is 132 Å². The van der Waals surface area contributed by atoms with Crippen LogP contribution in [0.3, 0.4) is 0 Å². The van der Waals surface area contributed by atoms with Gasteiger partial charge in [0, 0.05) is 10.9 Å². The summed E-state index contributed by atoms with van der Waals surface area (Å²) >= 11 is 0. The number of ether oxygens (including phenoxy) is 1. The largest absolute Gasteiger partial charge is 0.497 e. The summed E-state index contributed by atoms with van der Waals surface area (Å²) in [6.45, 7) is 0.651. The summed E-state index contributed by atoms with van der Waals surface area (Å²) in [7, 11) is 1.67. The zero-order valence-electron chi connectivity index (χ0n) is 12.6. The van der Waals surface area contributed by atoms with Gasteiger partial charge in [-0.3, -0.25) is 5.10 Å². The molecule has 0 unspecified atom stereocenters. The average molecular weight is 305 g/mol. The van der Waals surface area contributed by atoms with Gasteiger partial charge in [0.1, 0.15) is 11.4 Å². The van der Waals surface area contributed by atoms with Gasteiger partial charge in [-0.1, -0.05) is 23.4 Å². The number of benzene rings is 2. The molecule has 2 aromatic carbocycles. The molecule has 2 heterocycles. The first kappa shape index (κ1) is 13.5. The average Bonchev–Trinajstić information content (AvgIpc) is 3.23. The van der Waals surface area contributed by atoms with Crippen LogP contribution in [0.15, 0.2) is 54.9 Å². The Bertz CT molecular complexity index is 956. The molecule has 6 heteroatoms.